The van der Waals surface area contributed by atoms with Gasteiger partial charge >= 0.3 is 0 Å². The largest absolute Gasteiger partial charge is 0.369 e. The van der Waals surface area contributed by atoms with Crippen LogP contribution in [-0.2, 0) is 10.0 Å². The molecule has 1 N–H and O–H groups in total. The standard InChI is InChI=1S/C19H24ClN3O3S2/c1-3-14(2)21-19(24)18-17(7-12-27-18)28(25,26)23-10-8-22(9-11-23)16-6-4-5-15(20)13-16/h4-7,12-14H,3,8-11H2,1-2H3,(H,21,24). The zero-order chi connectivity index (χ0) is 20.3. The number of halogens is 1. The monoisotopic (exact) mass is 441 g/mol. The summed E-state index contributed by atoms with van der Waals surface area (Å²) in [5.74, 6) is -0.333. The summed E-state index contributed by atoms with van der Waals surface area (Å²) in [6.45, 7) is 5.72. The number of anilines is 1. The highest BCUT2D eigenvalue weighted by molar-refractivity contribution is 7.89. The van der Waals surface area contributed by atoms with Gasteiger partial charge in [0, 0.05) is 42.9 Å². The Morgan fingerprint density at radius 2 is 1.96 bits per heavy atom. The Labute approximate surface area is 175 Å². The lowest BCUT2D eigenvalue weighted by atomic mass is 10.2. The van der Waals surface area contributed by atoms with Gasteiger partial charge in [0.2, 0.25) is 10.0 Å². The molecule has 0 radical (unpaired) electrons. The topological polar surface area (TPSA) is 69.7 Å². The summed E-state index contributed by atoms with van der Waals surface area (Å²) in [6, 6.07) is 9.05. The first-order valence-corrected chi connectivity index (χ1v) is 11.9. The van der Waals surface area contributed by atoms with Gasteiger partial charge in [-0.25, -0.2) is 8.42 Å². The molecule has 2 heterocycles. The molecule has 28 heavy (non-hydrogen) atoms. The van der Waals surface area contributed by atoms with Gasteiger partial charge in [0.1, 0.15) is 9.77 Å². The lowest BCUT2D eigenvalue weighted by Gasteiger charge is -2.35. The molecule has 1 saturated heterocycles. The molecule has 1 atom stereocenters. The number of carbonyl (C=O) groups excluding carboxylic acids is 1. The first kappa shape index (κ1) is 21.1. The number of nitrogens with zero attached hydrogens (tertiary/aromatic N) is 2. The van der Waals surface area contributed by atoms with Crippen LogP contribution in [0.4, 0.5) is 5.69 Å². The molecule has 6 nitrogen and oxygen atoms in total. The molecule has 0 spiro atoms. The Morgan fingerprint density at radius 3 is 2.61 bits per heavy atom. The quantitative estimate of drug-likeness (QED) is 0.745. The molecule has 0 bridgehead atoms. The number of sulfonamides is 1. The number of amides is 1. The van der Waals surface area contributed by atoms with Crippen LogP contribution < -0.4 is 10.2 Å². The molecule has 1 fully saturated rings. The molecule has 1 unspecified atom stereocenters. The Hall–Kier alpha value is -1.61. The number of piperazine rings is 1. The van der Waals surface area contributed by atoms with Crippen LogP contribution in [0.2, 0.25) is 5.02 Å². The highest BCUT2D eigenvalue weighted by atomic mass is 35.5. The van der Waals surface area contributed by atoms with Gasteiger partial charge in [0.05, 0.1) is 0 Å². The van der Waals surface area contributed by atoms with Crippen molar-refractivity contribution in [2.24, 2.45) is 0 Å². The zero-order valence-corrected chi connectivity index (χ0v) is 18.3. The fraction of sp³-hybridized carbons (Fsp3) is 0.421. The van der Waals surface area contributed by atoms with Crippen LogP contribution >= 0.6 is 22.9 Å². The van der Waals surface area contributed by atoms with Crippen molar-refractivity contribution in [1.82, 2.24) is 9.62 Å². The van der Waals surface area contributed by atoms with Crippen molar-refractivity contribution in [2.45, 2.75) is 31.2 Å². The maximum Gasteiger partial charge on any atom is 0.262 e. The average Bonchev–Trinajstić information content (AvgIpc) is 3.19. The van der Waals surface area contributed by atoms with Gasteiger partial charge in [0.25, 0.3) is 5.91 Å². The lowest BCUT2D eigenvalue weighted by molar-refractivity contribution is 0.0940. The summed E-state index contributed by atoms with van der Waals surface area (Å²) < 4.78 is 27.7. The minimum absolute atomic E-state index is 0.00797. The van der Waals surface area contributed by atoms with Crippen molar-refractivity contribution in [1.29, 1.82) is 0 Å². The summed E-state index contributed by atoms with van der Waals surface area (Å²) in [4.78, 5) is 14.9. The smallest absolute Gasteiger partial charge is 0.262 e. The van der Waals surface area contributed by atoms with E-state index in [-0.39, 0.29) is 21.7 Å². The second-order valence-electron chi connectivity index (χ2n) is 6.77. The third-order valence-electron chi connectivity index (χ3n) is 4.86. The molecule has 1 amide bonds. The third kappa shape index (κ3) is 4.51. The SMILES string of the molecule is CCC(C)NC(=O)c1sccc1S(=O)(=O)N1CCN(c2cccc(Cl)c2)CC1. The van der Waals surface area contributed by atoms with E-state index >= 15 is 0 Å². The van der Waals surface area contributed by atoms with Crippen LogP contribution in [0.3, 0.4) is 0 Å². The van der Waals surface area contributed by atoms with Crippen molar-refractivity contribution in [3.63, 3.8) is 0 Å². The Balaban J connectivity index is 1.73. The second kappa shape index (κ2) is 8.82. The summed E-state index contributed by atoms with van der Waals surface area (Å²) in [5.41, 5.74) is 0.980. The molecule has 0 aliphatic carbocycles. The highest BCUT2D eigenvalue weighted by Crippen LogP contribution is 2.27. The van der Waals surface area contributed by atoms with Gasteiger partial charge in [-0.15, -0.1) is 11.3 Å². The molecule has 1 aromatic heterocycles. The number of hydrogen-bond acceptors (Lipinski definition) is 5. The van der Waals surface area contributed by atoms with E-state index in [1.165, 1.54) is 10.4 Å². The second-order valence-corrected chi connectivity index (χ2v) is 10.0. The van der Waals surface area contributed by atoms with Crippen molar-refractivity contribution in [2.75, 3.05) is 31.1 Å². The van der Waals surface area contributed by atoms with Crippen LogP contribution in [0, 0.1) is 0 Å². The van der Waals surface area contributed by atoms with E-state index in [2.05, 4.69) is 10.2 Å². The number of rotatable bonds is 6. The summed E-state index contributed by atoms with van der Waals surface area (Å²) in [7, 11) is -3.72. The van der Waals surface area contributed by atoms with Crippen LogP contribution in [0.25, 0.3) is 0 Å². The van der Waals surface area contributed by atoms with Gasteiger partial charge in [-0.05, 0) is 43.0 Å². The van der Waals surface area contributed by atoms with Crippen molar-refractivity contribution >= 4 is 44.6 Å². The Morgan fingerprint density at radius 1 is 1.25 bits per heavy atom. The summed E-state index contributed by atoms with van der Waals surface area (Å²) in [6.07, 6.45) is 0.782. The van der Waals surface area contributed by atoms with Crippen molar-refractivity contribution in [3.05, 3.63) is 45.6 Å². The van der Waals surface area contributed by atoms with E-state index in [1.54, 1.807) is 5.38 Å². The average molecular weight is 442 g/mol. The normalized spacial score (nSPS) is 16.8. The predicted octanol–water partition coefficient (Wildman–Crippen LogP) is 3.44. The van der Waals surface area contributed by atoms with E-state index in [9.17, 15) is 13.2 Å². The van der Waals surface area contributed by atoms with E-state index in [1.807, 2.05) is 38.1 Å². The van der Waals surface area contributed by atoms with E-state index in [0.29, 0.717) is 31.2 Å². The van der Waals surface area contributed by atoms with Gasteiger partial charge in [-0.1, -0.05) is 24.6 Å². The lowest BCUT2D eigenvalue weighted by Crippen LogP contribution is -2.48. The summed E-state index contributed by atoms with van der Waals surface area (Å²) >= 11 is 7.21. The molecule has 2 aromatic rings. The molecule has 3 rings (SSSR count). The van der Waals surface area contributed by atoms with E-state index < -0.39 is 10.0 Å². The number of nitrogens with one attached hydrogen (secondary N) is 1. The van der Waals surface area contributed by atoms with Crippen molar-refractivity contribution < 1.29 is 13.2 Å². The van der Waals surface area contributed by atoms with Crippen LogP contribution in [0.1, 0.15) is 29.9 Å². The third-order valence-corrected chi connectivity index (χ3v) is 8.07. The Bertz CT molecular complexity index is 937. The highest BCUT2D eigenvalue weighted by Gasteiger charge is 2.32. The van der Waals surface area contributed by atoms with Crippen LogP contribution in [-0.4, -0.2) is 50.9 Å². The maximum atomic E-state index is 13.1. The maximum absolute atomic E-state index is 13.1. The molecular weight excluding hydrogens is 418 g/mol. The first-order chi connectivity index (χ1) is 13.3. The molecule has 1 aromatic carbocycles. The first-order valence-electron chi connectivity index (χ1n) is 9.22. The van der Waals surface area contributed by atoms with E-state index in [4.69, 9.17) is 11.6 Å². The molecule has 9 heteroatoms. The molecule has 152 valence electrons. The summed E-state index contributed by atoms with van der Waals surface area (Å²) in [5, 5.41) is 5.16. The zero-order valence-electron chi connectivity index (χ0n) is 15.9. The number of hydrogen-bond donors (Lipinski definition) is 1. The fourth-order valence-corrected chi connectivity index (χ4v) is 5.97. The molecule has 1 aliphatic heterocycles. The molecular formula is C19H24ClN3O3S2. The van der Waals surface area contributed by atoms with Gasteiger partial charge < -0.3 is 10.2 Å². The van der Waals surface area contributed by atoms with Crippen molar-refractivity contribution in [3.8, 4) is 0 Å². The van der Waals surface area contributed by atoms with Gasteiger partial charge in [-0.3, -0.25) is 4.79 Å². The fourth-order valence-electron chi connectivity index (χ4n) is 3.06. The predicted molar refractivity (Wildman–Crippen MR) is 114 cm³/mol. The van der Waals surface area contributed by atoms with Crippen LogP contribution in [0.15, 0.2) is 40.6 Å². The number of thiophene rings is 1. The number of carbonyl (C=O) groups is 1. The van der Waals surface area contributed by atoms with Gasteiger partial charge in [0.15, 0.2) is 0 Å². The van der Waals surface area contributed by atoms with Crippen LogP contribution in [0.5, 0.6) is 0 Å². The molecule has 1 aliphatic rings. The Kier molecular flexibility index (Phi) is 6.65. The number of benzene rings is 1. The molecule has 0 saturated carbocycles. The van der Waals surface area contributed by atoms with Gasteiger partial charge in [-0.2, -0.15) is 4.31 Å². The van der Waals surface area contributed by atoms with E-state index in [0.717, 1.165) is 23.4 Å². The minimum atomic E-state index is -3.72. The minimum Gasteiger partial charge on any atom is -0.369 e.